The first-order chi connectivity index (χ1) is 12.6. The quantitative estimate of drug-likeness (QED) is 0.821. The van der Waals surface area contributed by atoms with E-state index < -0.39 is 0 Å². The lowest BCUT2D eigenvalue weighted by Gasteiger charge is -2.15. The van der Waals surface area contributed by atoms with Crippen LogP contribution in [0.25, 0.3) is 6.08 Å². The third-order valence-electron chi connectivity index (χ3n) is 4.79. The zero-order chi connectivity index (χ0) is 18.1. The first-order valence-electron chi connectivity index (χ1n) is 8.89. The fourth-order valence-corrected chi connectivity index (χ4v) is 3.63. The molecule has 2 aromatic rings. The van der Waals surface area contributed by atoms with E-state index in [-0.39, 0.29) is 5.91 Å². The molecule has 7 heteroatoms. The van der Waals surface area contributed by atoms with Crippen LogP contribution in [0.2, 0.25) is 0 Å². The van der Waals surface area contributed by atoms with E-state index in [9.17, 15) is 4.79 Å². The van der Waals surface area contributed by atoms with E-state index in [0.29, 0.717) is 17.0 Å². The Balaban J connectivity index is 1.78. The van der Waals surface area contributed by atoms with E-state index in [0.717, 1.165) is 25.1 Å². The van der Waals surface area contributed by atoms with Crippen LogP contribution >= 0.6 is 0 Å². The Morgan fingerprint density at radius 3 is 2.88 bits per heavy atom. The summed E-state index contributed by atoms with van der Waals surface area (Å²) in [5, 5.41) is 12.1. The van der Waals surface area contributed by atoms with Gasteiger partial charge in [0.15, 0.2) is 0 Å². The van der Waals surface area contributed by atoms with Gasteiger partial charge < -0.3 is 9.88 Å². The number of carbonyl (C=O) groups is 1. The minimum absolute atomic E-state index is 0.214. The number of rotatable bonds is 4. The summed E-state index contributed by atoms with van der Waals surface area (Å²) in [5.74, 6) is -0.214. The van der Waals surface area contributed by atoms with Gasteiger partial charge in [-0.3, -0.25) is 4.79 Å². The summed E-state index contributed by atoms with van der Waals surface area (Å²) in [6, 6.07) is 3.59. The van der Waals surface area contributed by atoms with Crippen molar-refractivity contribution in [2.24, 2.45) is 5.10 Å². The third-order valence-corrected chi connectivity index (χ3v) is 4.79. The van der Waals surface area contributed by atoms with Gasteiger partial charge in [0.2, 0.25) is 0 Å². The van der Waals surface area contributed by atoms with Crippen molar-refractivity contribution in [1.29, 1.82) is 0 Å². The number of aromatic nitrogens is 3. The van der Waals surface area contributed by atoms with Gasteiger partial charge in [-0.15, -0.1) is 5.10 Å². The highest BCUT2D eigenvalue weighted by molar-refractivity contribution is 6.32. The molecule has 0 spiro atoms. The molecule has 3 heterocycles. The lowest BCUT2D eigenvalue weighted by Crippen LogP contribution is -2.15. The van der Waals surface area contributed by atoms with Crippen LogP contribution in [0.4, 0.5) is 0 Å². The Labute approximate surface area is 152 Å². The Bertz CT molecular complexity index is 894. The van der Waals surface area contributed by atoms with E-state index in [1.807, 2.05) is 6.08 Å². The summed E-state index contributed by atoms with van der Waals surface area (Å²) >= 11 is 0. The van der Waals surface area contributed by atoms with Gasteiger partial charge in [-0.05, 0) is 69.1 Å². The Morgan fingerprint density at radius 2 is 2.12 bits per heavy atom. The number of carbonyl (C=O) groups excluding carboxylic acids is 1. The number of hydrogen-bond donors (Lipinski definition) is 2. The maximum atomic E-state index is 12.4. The van der Waals surface area contributed by atoms with Gasteiger partial charge in [0.05, 0.1) is 5.57 Å². The van der Waals surface area contributed by atoms with Gasteiger partial charge in [0.25, 0.3) is 5.91 Å². The second-order valence-electron chi connectivity index (χ2n) is 6.99. The van der Waals surface area contributed by atoms with Crippen molar-refractivity contribution in [1.82, 2.24) is 25.5 Å². The highest BCUT2D eigenvalue weighted by Crippen LogP contribution is 2.30. The van der Waals surface area contributed by atoms with Crippen LogP contribution in [0.5, 0.6) is 0 Å². The molecule has 0 saturated carbocycles. The summed E-state index contributed by atoms with van der Waals surface area (Å²) in [4.78, 5) is 18.1. The number of aryl methyl sites for hydroxylation is 1. The number of hydrogen-bond acceptors (Lipinski definition) is 5. The molecule has 0 radical (unpaired) electrons. The van der Waals surface area contributed by atoms with Gasteiger partial charge in [-0.25, -0.2) is 5.43 Å². The first kappa shape index (κ1) is 16.7. The molecule has 2 aliphatic rings. The lowest BCUT2D eigenvalue weighted by molar-refractivity contribution is -0.116. The molecular weight excluding hydrogens is 328 g/mol. The predicted octanol–water partition coefficient (Wildman–Crippen LogP) is 1.66. The van der Waals surface area contributed by atoms with Crippen molar-refractivity contribution in [3.8, 4) is 0 Å². The van der Waals surface area contributed by atoms with Crippen LogP contribution in [-0.2, 0) is 24.2 Å². The molecule has 7 nitrogen and oxygen atoms in total. The number of hydrazone groups is 1. The molecule has 0 bridgehead atoms. The minimum Gasteiger partial charge on any atom is -0.358 e. The summed E-state index contributed by atoms with van der Waals surface area (Å²) < 4.78 is 0. The lowest BCUT2D eigenvalue weighted by atomic mass is 9.94. The molecule has 26 heavy (non-hydrogen) atoms. The van der Waals surface area contributed by atoms with Gasteiger partial charge >= 0.3 is 0 Å². The molecule has 2 aromatic heterocycles. The molecule has 2 N–H and O–H groups in total. The number of amides is 1. The molecule has 1 amide bonds. The van der Waals surface area contributed by atoms with E-state index in [1.54, 1.807) is 18.3 Å². The number of nitrogens with one attached hydrogen (secondary N) is 2. The summed E-state index contributed by atoms with van der Waals surface area (Å²) in [5.41, 5.74) is 9.17. The molecule has 134 valence electrons. The van der Waals surface area contributed by atoms with Crippen molar-refractivity contribution in [3.63, 3.8) is 0 Å². The van der Waals surface area contributed by atoms with Crippen molar-refractivity contribution >= 4 is 17.7 Å². The Hall–Kier alpha value is -2.80. The van der Waals surface area contributed by atoms with E-state index in [4.69, 9.17) is 0 Å². The molecule has 4 rings (SSSR count). The highest BCUT2D eigenvalue weighted by atomic mass is 16.2. The van der Waals surface area contributed by atoms with Crippen molar-refractivity contribution in [2.75, 3.05) is 14.1 Å². The van der Waals surface area contributed by atoms with Gasteiger partial charge in [0, 0.05) is 24.1 Å². The number of nitrogens with zero attached hydrogens (tertiary/aromatic N) is 4. The molecule has 0 aromatic carbocycles. The second kappa shape index (κ2) is 6.84. The predicted molar refractivity (Wildman–Crippen MR) is 99.5 cm³/mol. The summed E-state index contributed by atoms with van der Waals surface area (Å²) in [6.45, 7) is 0.837. The van der Waals surface area contributed by atoms with Crippen LogP contribution < -0.4 is 5.43 Å². The highest BCUT2D eigenvalue weighted by Gasteiger charge is 2.27. The molecule has 0 unspecified atom stereocenters. The topological polar surface area (TPSA) is 86.3 Å². The Kier molecular flexibility index (Phi) is 4.38. The average molecular weight is 350 g/mol. The fraction of sp³-hybridized carbons (Fsp3) is 0.368. The summed E-state index contributed by atoms with van der Waals surface area (Å²) in [7, 11) is 4.13. The fourth-order valence-electron chi connectivity index (χ4n) is 3.63. The molecular formula is C19H22N6O. The second-order valence-corrected chi connectivity index (χ2v) is 6.99. The van der Waals surface area contributed by atoms with Crippen LogP contribution in [0, 0.1) is 0 Å². The zero-order valence-corrected chi connectivity index (χ0v) is 15.0. The van der Waals surface area contributed by atoms with Crippen molar-refractivity contribution in [2.45, 2.75) is 32.2 Å². The largest absolute Gasteiger partial charge is 0.358 e. The SMILES string of the molecule is CN(C)Cc1c(C=C2C(=O)NN=C2c2cccnn2)[nH]c2c1CCCC2. The minimum atomic E-state index is -0.214. The molecule has 0 saturated heterocycles. The smallest absolute Gasteiger partial charge is 0.273 e. The van der Waals surface area contributed by atoms with Crippen LogP contribution in [-0.4, -0.2) is 45.8 Å². The number of aromatic amines is 1. The van der Waals surface area contributed by atoms with Crippen LogP contribution in [0.1, 0.15) is 41.1 Å². The van der Waals surface area contributed by atoms with E-state index in [2.05, 4.69) is 44.7 Å². The molecule has 1 aliphatic heterocycles. The van der Waals surface area contributed by atoms with E-state index in [1.165, 1.54) is 29.7 Å². The third kappa shape index (κ3) is 3.06. The summed E-state index contributed by atoms with van der Waals surface area (Å²) in [6.07, 6.45) is 8.09. The van der Waals surface area contributed by atoms with Crippen molar-refractivity contribution < 1.29 is 4.79 Å². The van der Waals surface area contributed by atoms with Crippen LogP contribution in [0.15, 0.2) is 29.0 Å². The van der Waals surface area contributed by atoms with E-state index >= 15 is 0 Å². The zero-order valence-electron chi connectivity index (χ0n) is 15.0. The maximum Gasteiger partial charge on any atom is 0.273 e. The number of fused-ring (bicyclic) bond motifs is 1. The van der Waals surface area contributed by atoms with Gasteiger partial charge in [-0.2, -0.15) is 10.2 Å². The van der Waals surface area contributed by atoms with Crippen molar-refractivity contribution in [3.05, 3.63) is 52.1 Å². The van der Waals surface area contributed by atoms with Crippen LogP contribution in [0.3, 0.4) is 0 Å². The van der Waals surface area contributed by atoms with Gasteiger partial charge in [0.1, 0.15) is 11.4 Å². The monoisotopic (exact) mass is 350 g/mol. The molecule has 1 aliphatic carbocycles. The first-order valence-corrected chi connectivity index (χ1v) is 8.89. The Morgan fingerprint density at radius 1 is 1.27 bits per heavy atom. The normalized spacial score (nSPS) is 18.2. The standard InChI is InChI=1S/C19H22N6O/c1-25(2)11-14-12-6-3-4-7-15(12)21-17(14)10-13-18(23-24-19(13)26)16-8-5-9-20-22-16/h5,8-10,21H,3-4,6-7,11H2,1-2H3,(H,24,26). The average Bonchev–Trinajstić information content (AvgIpc) is 3.17. The number of H-pyrrole nitrogens is 1. The molecule has 0 atom stereocenters. The molecule has 0 fully saturated rings. The van der Waals surface area contributed by atoms with Gasteiger partial charge in [-0.1, -0.05) is 0 Å². The maximum absolute atomic E-state index is 12.4.